The minimum atomic E-state index is -1.03. The lowest BCUT2D eigenvalue weighted by Gasteiger charge is -2.21. The summed E-state index contributed by atoms with van der Waals surface area (Å²) in [6, 6.07) is 6.91. The van der Waals surface area contributed by atoms with Crippen molar-refractivity contribution in [2.45, 2.75) is 18.9 Å². The zero-order chi connectivity index (χ0) is 10.6. The summed E-state index contributed by atoms with van der Waals surface area (Å²) in [4.78, 5) is 0. The van der Waals surface area contributed by atoms with Gasteiger partial charge in [0.25, 0.3) is 0 Å². The first-order valence-corrected chi connectivity index (χ1v) is 4.58. The molecule has 0 aromatic heterocycles. The van der Waals surface area contributed by atoms with Gasteiger partial charge in [-0.2, -0.15) is 0 Å². The highest BCUT2D eigenvalue weighted by Crippen LogP contribution is 2.24. The molecule has 0 aliphatic rings. The molecule has 0 aliphatic heterocycles. The summed E-state index contributed by atoms with van der Waals surface area (Å²) < 4.78 is 0. The fraction of sp³-hybridized carbons (Fsp3) is 0.300. The predicted octanol–water partition coefficient (Wildman–Crippen LogP) is 2.40. The molecule has 0 fully saturated rings. The topological polar surface area (TPSA) is 52.8 Å². The van der Waals surface area contributed by atoms with Gasteiger partial charge in [-0.1, -0.05) is 23.7 Å². The van der Waals surface area contributed by atoms with Crippen LogP contribution in [-0.4, -0.2) is 16.5 Å². The Morgan fingerprint density at radius 1 is 1.43 bits per heavy atom. The monoisotopic (exact) mass is 213 g/mol. The van der Waals surface area contributed by atoms with E-state index in [0.717, 1.165) is 5.56 Å². The zero-order valence-corrected chi connectivity index (χ0v) is 8.57. The second-order valence-corrected chi connectivity index (χ2v) is 3.72. The molecule has 0 saturated heterocycles. The van der Waals surface area contributed by atoms with E-state index in [0.29, 0.717) is 5.02 Å². The van der Waals surface area contributed by atoms with Crippen molar-refractivity contribution in [1.29, 1.82) is 0 Å². The Labute approximate surface area is 87.6 Å². The molecule has 0 amide bonds. The summed E-state index contributed by atoms with van der Waals surface area (Å²) in [5.41, 5.74) is -0.293. The predicted molar refractivity (Wildman–Crippen MR) is 55.9 cm³/mol. The second-order valence-electron chi connectivity index (χ2n) is 3.28. The van der Waals surface area contributed by atoms with Gasteiger partial charge in [0.2, 0.25) is 0 Å². The molecule has 3 nitrogen and oxygen atoms in total. The van der Waals surface area contributed by atoms with Crippen LogP contribution in [0, 0.1) is 0 Å². The maximum atomic E-state index is 9.96. The number of oxime groups is 1. The Kier molecular flexibility index (Phi) is 3.49. The van der Waals surface area contributed by atoms with Gasteiger partial charge in [-0.05, 0) is 24.6 Å². The third-order valence-corrected chi connectivity index (χ3v) is 2.29. The molecule has 0 saturated carbocycles. The molecule has 1 rings (SSSR count). The molecule has 0 heterocycles. The molecule has 1 aromatic rings. The molecule has 76 valence electrons. The van der Waals surface area contributed by atoms with Gasteiger partial charge in [-0.15, -0.1) is 5.16 Å². The van der Waals surface area contributed by atoms with E-state index in [4.69, 9.17) is 16.8 Å². The largest absolute Gasteiger partial charge is 0.411 e. The molecule has 0 aliphatic carbocycles. The van der Waals surface area contributed by atoms with Crippen molar-refractivity contribution >= 4 is 17.8 Å². The Hall–Kier alpha value is -1.06. The van der Waals surface area contributed by atoms with E-state index in [1.54, 1.807) is 31.2 Å². The summed E-state index contributed by atoms with van der Waals surface area (Å²) in [5.74, 6) is 0. The van der Waals surface area contributed by atoms with Gasteiger partial charge in [0.05, 0.1) is 5.60 Å². The van der Waals surface area contributed by atoms with Crippen LogP contribution in [-0.2, 0) is 5.60 Å². The highest BCUT2D eigenvalue weighted by atomic mass is 35.5. The zero-order valence-electron chi connectivity index (χ0n) is 7.81. The standard InChI is InChI=1S/C10H12ClNO2/c1-10(13,6-7-12-14)8-2-4-9(11)5-3-8/h2-5,7,13-14H,6H2,1H3. The summed E-state index contributed by atoms with van der Waals surface area (Å²) >= 11 is 5.72. The minimum Gasteiger partial charge on any atom is -0.411 e. The molecule has 1 aromatic carbocycles. The van der Waals surface area contributed by atoms with E-state index in [9.17, 15) is 5.11 Å². The average molecular weight is 214 g/mol. The van der Waals surface area contributed by atoms with E-state index >= 15 is 0 Å². The van der Waals surface area contributed by atoms with E-state index in [-0.39, 0.29) is 6.42 Å². The molecule has 2 N–H and O–H groups in total. The van der Waals surface area contributed by atoms with Gasteiger partial charge in [0.1, 0.15) is 0 Å². The van der Waals surface area contributed by atoms with Crippen LogP contribution in [0.3, 0.4) is 0 Å². The minimum absolute atomic E-state index is 0.255. The first-order chi connectivity index (χ1) is 6.56. The van der Waals surface area contributed by atoms with Crippen molar-refractivity contribution < 1.29 is 10.3 Å². The molecule has 4 heteroatoms. The van der Waals surface area contributed by atoms with Gasteiger partial charge in [0, 0.05) is 17.7 Å². The van der Waals surface area contributed by atoms with Crippen LogP contribution in [0.5, 0.6) is 0 Å². The highest BCUT2D eigenvalue weighted by Gasteiger charge is 2.21. The number of rotatable bonds is 3. The number of aliphatic hydroxyl groups is 1. The summed E-state index contributed by atoms with van der Waals surface area (Å²) in [6.07, 6.45) is 1.51. The van der Waals surface area contributed by atoms with Gasteiger partial charge < -0.3 is 10.3 Å². The number of hydrogen-bond acceptors (Lipinski definition) is 3. The average Bonchev–Trinajstić information content (AvgIpc) is 2.16. The number of nitrogens with zero attached hydrogens (tertiary/aromatic N) is 1. The van der Waals surface area contributed by atoms with Gasteiger partial charge in [0.15, 0.2) is 0 Å². The Bertz CT molecular complexity index is 319. The van der Waals surface area contributed by atoms with Crippen LogP contribution in [0.15, 0.2) is 29.4 Å². The summed E-state index contributed by atoms with van der Waals surface area (Å²) in [6.45, 7) is 1.65. The van der Waals surface area contributed by atoms with Crippen LogP contribution in [0.1, 0.15) is 18.9 Å². The van der Waals surface area contributed by atoms with Crippen molar-refractivity contribution in [3.8, 4) is 0 Å². The maximum absolute atomic E-state index is 9.96. The highest BCUT2D eigenvalue weighted by molar-refractivity contribution is 6.30. The third kappa shape index (κ3) is 2.72. The van der Waals surface area contributed by atoms with E-state index in [1.807, 2.05) is 0 Å². The van der Waals surface area contributed by atoms with Crippen molar-refractivity contribution in [2.75, 3.05) is 0 Å². The quantitative estimate of drug-likeness (QED) is 0.460. The first-order valence-electron chi connectivity index (χ1n) is 4.20. The van der Waals surface area contributed by atoms with Gasteiger partial charge >= 0.3 is 0 Å². The lowest BCUT2D eigenvalue weighted by atomic mass is 9.93. The smallest absolute Gasteiger partial charge is 0.0919 e. The van der Waals surface area contributed by atoms with Crippen LogP contribution in [0.2, 0.25) is 5.02 Å². The molecular weight excluding hydrogens is 202 g/mol. The van der Waals surface area contributed by atoms with Crippen LogP contribution in [0.25, 0.3) is 0 Å². The van der Waals surface area contributed by atoms with Gasteiger partial charge in [-0.25, -0.2) is 0 Å². The molecule has 0 bridgehead atoms. The number of hydrogen-bond donors (Lipinski definition) is 2. The first kappa shape index (κ1) is 11.0. The molecule has 1 unspecified atom stereocenters. The molecule has 0 radical (unpaired) electrons. The fourth-order valence-corrected chi connectivity index (χ4v) is 1.27. The van der Waals surface area contributed by atoms with Gasteiger partial charge in [-0.3, -0.25) is 0 Å². The van der Waals surface area contributed by atoms with E-state index in [2.05, 4.69) is 5.16 Å². The van der Waals surface area contributed by atoms with Crippen LogP contribution in [0.4, 0.5) is 0 Å². The maximum Gasteiger partial charge on any atom is 0.0919 e. The molecule has 0 spiro atoms. The normalized spacial score (nSPS) is 15.6. The summed E-state index contributed by atoms with van der Waals surface area (Å²) in [7, 11) is 0. The van der Waals surface area contributed by atoms with Crippen LogP contribution < -0.4 is 0 Å². The van der Waals surface area contributed by atoms with E-state index in [1.165, 1.54) is 6.21 Å². The molecular formula is C10H12ClNO2. The Morgan fingerprint density at radius 2 is 2.00 bits per heavy atom. The lowest BCUT2D eigenvalue weighted by Crippen LogP contribution is -2.21. The van der Waals surface area contributed by atoms with Crippen molar-refractivity contribution in [3.05, 3.63) is 34.9 Å². The molecule has 1 atom stereocenters. The van der Waals surface area contributed by atoms with Crippen LogP contribution >= 0.6 is 11.6 Å². The SMILES string of the molecule is CC(O)(CC=NO)c1ccc(Cl)cc1. The van der Waals surface area contributed by atoms with Crippen molar-refractivity contribution in [1.82, 2.24) is 0 Å². The number of halogens is 1. The number of benzene rings is 1. The lowest BCUT2D eigenvalue weighted by molar-refractivity contribution is 0.0657. The van der Waals surface area contributed by atoms with Crippen molar-refractivity contribution in [2.24, 2.45) is 5.16 Å². The van der Waals surface area contributed by atoms with E-state index < -0.39 is 5.60 Å². The summed E-state index contributed by atoms with van der Waals surface area (Å²) in [5, 5.41) is 21.7. The third-order valence-electron chi connectivity index (χ3n) is 2.04. The second kappa shape index (κ2) is 4.44. The Morgan fingerprint density at radius 3 is 2.50 bits per heavy atom. The molecule has 14 heavy (non-hydrogen) atoms. The van der Waals surface area contributed by atoms with Crippen molar-refractivity contribution in [3.63, 3.8) is 0 Å². The Balaban J connectivity index is 2.86. The fourth-order valence-electron chi connectivity index (χ4n) is 1.15.